The van der Waals surface area contributed by atoms with Crippen molar-refractivity contribution in [2.45, 2.75) is 24.2 Å². The van der Waals surface area contributed by atoms with Crippen molar-refractivity contribution in [1.82, 2.24) is 4.83 Å². The minimum atomic E-state index is -3.77. The average Bonchev–Trinajstić information content (AvgIpc) is 2.76. The summed E-state index contributed by atoms with van der Waals surface area (Å²) in [6.45, 7) is 3.52. The Hall–Kier alpha value is -1.90. The van der Waals surface area contributed by atoms with E-state index in [1.807, 2.05) is 0 Å². The number of halogens is 1. The fraction of sp³-hybridized carbons (Fsp3) is 0.188. The van der Waals surface area contributed by atoms with E-state index in [9.17, 15) is 13.2 Å². The molecule has 2 aromatic rings. The summed E-state index contributed by atoms with van der Waals surface area (Å²) in [5, 5.41) is 2.76. The molecule has 3 N–H and O–H groups in total. The number of amides is 1. The molecule has 0 bridgehead atoms. The van der Waals surface area contributed by atoms with Gasteiger partial charge in [-0.15, -0.1) is 4.83 Å². The molecule has 0 spiro atoms. The quantitative estimate of drug-likeness (QED) is 0.677. The molecule has 0 atom stereocenters. The molecule has 0 aliphatic carbocycles. The molecule has 24 heavy (non-hydrogen) atoms. The van der Waals surface area contributed by atoms with Crippen LogP contribution in [0.4, 0.5) is 11.4 Å². The van der Waals surface area contributed by atoms with Crippen LogP contribution in [0.15, 0.2) is 51.8 Å². The predicted octanol–water partition coefficient (Wildman–Crippen LogP) is 2.98. The van der Waals surface area contributed by atoms with E-state index >= 15 is 0 Å². The second-order valence-corrected chi connectivity index (χ2v) is 8.62. The number of carbonyl (C=O) groups is 1. The zero-order chi connectivity index (χ0) is 17.5. The standard InChI is InChI=1S/C16H16BrN3O3S/c1-16(2)13-9-12(7-8-14(13)18-15(16)21)24(22,23)20-19-11-5-3-10(17)4-6-11/h3-9,19-20H,1-2H3,(H,18,21). The Morgan fingerprint density at radius 1 is 1.08 bits per heavy atom. The molecule has 0 radical (unpaired) electrons. The van der Waals surface area contributed by atoms with Crippen LogP contribution in [-0.2, 0) is 20.2 Å². The molecule has 0 unspecified atom stereocenters. The third-order valence-corrected chi connectivity index (χ3v) is 5.74. The minimum Gasteiger partial charge on any atom is -0.325 e. The molecule has 2 aromatic carbocycles. The van der Waals surface area contributed by atoms with Gasteiger partial charge in [-0.3, -0.25) is 4.79 Å². The number of hydrogen-bond donors (Lipinski definition) is 3. The van der Waals surface area contributed by atoms with Crippen LogP contribution in [0.1, 0.15) is 19.4 Å². The van der Waals surface area contributed by atoms with Gasteiger partial charge in [0.05, 0.1) is 10.3 Å². The van der Waals surface area contributed by atoms with E-state index < -0.39 is 15.4 Å². The zero-order valence-corrected chi connectivity index (χ0v) is 15.5. The van der Waals surface area contributed by atoms with E-state index in [1.165, 1.54) is 12.1 Å². The van der Waals surface area contributed by atoms with Crippen molar-refractivity contribution in [1.29, 1.82) is 0 Å². The fourth-order valence-electron chi connectivity index (χ4n) is 2.44. The SMILES string of the molecule is CC1(C)C(=O)Nc2ccc(S(=O)(=O)NNc3ccc(Br)cc3)cc21. The molecule has 126 valence electrons. The Kier molecular flexibility index (Phi) is 4.15. The lowest BCUT2D eigenvalue weighted by molar-refractivity contribution is -0.119. The summed E-state index contributed by atoms with van der Waals surface area (Å²) in [6, 6.07) is 11.7. The molecule has 8 heteroatoms. The largest absolute Gasteiger partial charge is 0.325 e. The van der Waals surface area contributed by atoms with E-state index in [-0.39, 0.29) is 10.8 Å². The van der Waals surface area contributed by atoms with E-state index in [0.717, 1.165) is 4.47 Å². The second-order valence-electron chi connectivity index (χ2n) is 6.02. The van der Waals surface area contributed by atoms with Gasteiger partial charge in [0, 0.05) is 15.8 Å². The van der Waals surface area contributed by atoms with Crippen LogP contribution in [0.3, 0.4) is 0 Å². The van der Waals surface area contributed by atoms with Crippen molar-refractivity contribution >= 4 is 43.2 Å². The highest BCUT2D eigenvalue weighted by Gasteiger charge is 2.39. The van der Waals surface area contributed by atoms with Crippen LogP contribution in [0.5, 0.6) is 0 Å². The Balaban J connectivity index is 1.85. The number of fused-ring (bicyclic) bond motifs is 1. The monoisotopic (exact) mass is 409 g/mol. The minimum absolute atomic E-state index is 0.0930. The Morgan fingerprint density at radius 3 is 2.42 bits per heavy atom. The molecular weight excluding hydrogens is 394 g/mol. The van der Waals surface area contributed by atoms with Gasteiger partial charge in [0.15, 0.2) is 0 Å². The van der Waals surface area contributed by atoms with Crippen molar-refractivity contribution in [3.8, 4) is 0 Å². The third kappa shape index (κ3) is 3.04. The molecule has 3 rings (SSSR count). The fourth-order valence-corrected chi connectivity index (χ4v) is 3.59. The highest BCUT2D eigenvalue weighted by Crippen LogP contribution is 2.38. The van der Waals surface area contributed by atoms with Crippen molar-refractivity contribution < 1.29 is 13.2 Å². The van der Waals surface area contributed by atoms with Gasteiger partial charge in [-0.2, -0.15) is 0 Å². The van der Waals surface area contributed by atoms with Crippen LogP contribution in [0, 0.1) is 0 Å². The predicted molar refractivity (Wildman–Crippen MR) is 96.2 cm³/mol. The molecule has 0 saturated carbocycles. The van der Waals surface area contributed by atoms with Crippen LogP contribution >= 0.6 is 15.9 Å². The average molecular weight is 410 g/mol. The number of rotatable bonds is 4. The molecule has 1 amide bonds. The van der Waals surface area contributed by atoms with Gasteiger partial charge in [0.1, 0.15) is 0 Å². The molecule has 1 heterocycles. The second kappa shape index (κ2) is 5.87. The van der Waals surface area contributed by atoms with Gasteiger partial charge < -0.3 is 10.7 Å². The lowest BCUT2D eigenvalue weighted by atomic mass is 9.86. The number of nitrogens with one attached hydrogen (secondary N) is 3. The zero-order valence-electron chi connectivity index (χ0n) is 13.1. The van der Waals surface area contributed by atoms with E-state index in [1.54, 1.807) is 44.2 Å². The molecule has 0 fully saturated rings. The third-order valence-electron chi connectivity index (χ3n) is 3.96. The highest BCUT2D eigenvalue weighted by molar-refractivity contribution is 9.10. The van der Waals surface area contributed by atoms with Crippen molar-refractivity contribution in [2.75, 3.05) is 10.7 Å². The first kappa shape index (κ1) is 16.9. The smallest absolute Gasteiger partial charge is 0.257 e. The summed E-state index contributed by atoms with van der Waals surface area (Å²) in [5.74, 6) is -0.145. The van der Waals surface area contributed by atoms with E-state index in [0.29, 0.717) is 16.9 Å². The number of anilines is 2. The van der Waals surface area contributed by atoms with E-state index in [4.69, 9.17) is 0 Å². The topological polar surface area (TPSA) is 87.3 Å². The number of sulfonamides is 1. The van der Waals surface area contributed by atoms with Crippen molar-refractivity contribution in [3.63, 3.8) is 0 Å². The maximum Gasteiger partial charge on any atom is 0.257 e. The van der Waals surface area contributed by atoms with Crippen LogP contribution in [0.2, 0.25) is 0 Å². The van der Waals surface area contributed by atoms with Gasteiger partial charge >= 0.3 is 0 Å². The van der Waals surface area contributed by atoms with Crippen molar-refractivity contribution in [3.05, 3.63) is 52.5 Å². The van der Waals surface area contributed by atoms with Gasteiger partial charge in [0.2, 0.25) is 5.91 Å². The molecule has 0 aromatic heterocycles. The summed E-state index contributed by atoms with van der Waals surface area (Å²) in [7, 11) is -3.77. The summed E-state index contributed by atoms with van der Waals surface area (Å²) >= 11 is 3.32. The van der Waals surface area contributed by atoms with Crippen LogP contribution in [-0.4, -0.2) is 14.3 Å². The Labute approximate surface area is 148 Å². The van der Waals surface area contributed by atoms with Crippen molar-refractivity contribution in [2.24, 2.45) is 0 Å². The van der Waals surface area contributed by atoms with Crippen LogP contribution < -0.4 is 15.6 Å². The summed E-state index contributed by atoms with van der Waals surface area (Å²) in [6.07, 6.45) is 0. The van der Waals surface area contributed by atoms with Crippen LogP contribution in [0.25, 0.3) is 0 Å². The van der Waals surface area contributed by atoms with Gasteiger partial charge in [-0.1, -0.05) is 15.9 Å². The Morgan fingerprint density at radius 2 is 1.75 bits per heavy atom. The maximum atomic E-state index is 12.5. The van der Waals surface area contributed by atoms with Gasteiger partial charge in [-0.05, 0) is 61.9 Å². The molecule has 0 saturated heterocycles. The summed E-state index contributed by atoms with van der Waals surface area (Å²) < 4.78 is 25.9. The highest BCUT2D eigenvalue weighted by atomic mass is 79.9. The normalized spacial score (nSPS) is 15.7. The number of carbonyl (C=O) groups excluding carboxylic acids is 1. The van der Waals surface area contributed by atoms with Gasteiger partial charge in [-0.25, -0.2) is 8.42 Å². The molecule has 1 aliphatic heterocycles. The molecule has 6 nitrogen and oxygen atoms in total. The lowest BCUT2D eigenvalue weighted by Gasteiger charge is -2.16. The van der Waals surface area contributed by atoms with E-state index in [2.05, 4.69) is 31.5 Å². The summed E-state index contributed by atoms with van der Waals surface area (Å²) in [5.41, 5.74) is 3.82. The lowest BCUT2D eigenvalue weighted by Crippen LogP contribution is -2.30. The first-order valence-electron chi connectivity index (χ1n) is 7.19. The number of hydrazine groups is 1. The summed E-state index contributed by atoms with van der Waals surface area (Å²) in [4.78, 5) is 14.4. The van der Waals surface area contributed by atoms with Gasteiger partial charge in [0.25, 0.3) is 10.0 Å². The molecular formula is C16H16BrN3O3S. The maximum absolute atomic E-state index is 12.5. The first-order valence-corrected chi connectivity index (χ1v) is 9.47. The number of benzene rings is 2. The first-order chi connectivity index (χ1) is 11.2. The Bertz CT molecular complexity index is 909. The molecule has 1 aliphatic rings. The number of hydrogen-bond acceptors (Lipinski definition) is 4.